The Kier molecular flexibility index (Phi) is 6.27. The van der Waals surface area contributed by atoms with E-state index in [4.69, 9.17) is 0 Å². The molecule has 2 aromatic carbocycles. The Morgan fingerprint density at radius 2 is 1.75 bits per heavy atom. The molecule has 1 aromatic heterocycles. The lowest BCUT2D eigenvalue weighted by Gasteiger charge is -2.33. The Labute approximate surface area is 190 Å². The molecular weight excluding hydrogens is 474 g/mol. The number of nitrogens with zero attached hydrogens (tertiary/aromatic N) is 4. The van der Waals surface area contributed by atoms with Gasteiger partial charge in [0.05, 0.1) is 23.2 Å². The zero-order chi connectivity index (χ0) is 22.9. The first-order chi connectivity index (χ1) is 15.1. The lowest BCUT2D eigenvalue weighted by molar-refractivity contribution is -0.117. The lowest BCUT2D eigenvalue weighted by Crippen LogP contribution is -2.50. The molecule has 10 nitrogen and oxygen atoms in total. The standard InChI is InChI=1S/C19H21N5O5S3/c1-31(26,27)15-5-2-4-14(12-15)20-18(25)13-23-8-10-24(11-9-23)32(28,29)17-7-3-6-16-19(17)22-30-21-16/h2-7,12H,8-11,13H2,1H3,(H,20,25). The second-order valence-corrected chi connectivity index (χ2v) is 11.9. The molecule has 13 heteroatoms. The smallest absolute Gasteiger partial charge is 0.245 e. The van der Waals surface area contributed by atoms with Gasteiger partial charge in [0, 0.05) is 38.1 Å². The van der Waals surface area contributed by atoms with Crippen LogP contribution in [0, 0.1) is 0 Å². The number of aromatic nitrogens is 2. The van der Waals surface area contributed by atoms with Crippen LogP contribution in [0.15, 0.2) is 52.3 Å². The first-order valence-electron chi connectivity index (χ1n) is 9.68. The van der Waals surface area contributed by atoms with Crippen LogP contribution in [-0.4, -0.2) is 79.7 Å². The maximum absolute atomic E-state index is 13.1. The summed E-state index contributed by atoms with van der Waals surface area (Å²) in [6.45, 7) is 1.34. The summed E-state index contributed by atoms with van der Waals surface area (Å²) in [7, 11) is -7.10. The molecule has 1 aliphatic rings. The maximum atomic E-state index is 13.1. The summed E-state index contributed by atoms with van der Waals surface area (Å²) in [5.41, 5.74) is 1.31. The van der Waals surface area contributed by atoms with Crippen molar-refractivity contribution in [1.82, 2.24) is 18.0 Å². The topological polar surface area (TPSA) is 130 Å². The Morgan fingerprint density at radius 1 is 1.03 bits per heavy atom. The first kappa shape index (κ1) is 22.7. The number of carbonyl (C=O) groups is 1. The highest BCUT2D eigenvalue weighted by molar-refractivity contribution is 7.90. The van der Waals surface area contributed by atoms with Gasteiger partial charge in [0.25, 0.3) is 0 Å². The number of rotatable bonds is 6. The highest BCUT2D eigenvalue weighted by Crippen LogP contribution is 2.25. The average molecular weight is 496 g/mol. The van der Waals surface area contributed by atoms with Gasteiger partial charge in [0.2, 0.25) is 15.9 Å². The molecule has 0 radical (unpaired) electrons. The van der Waals surface area contributed by atoms with Crippen molar-refractivity contribution in [3.8, 4) is 0 Å². The molecule has 0 atom stereocenters. The molecule has 2 heterocycles. The van der Waals surface area contributed by atoms with Gasteiger partial charge in [-0.3, -0.25) is 9.69 Å². The molecule has 0 spiro atoms. The van der Waals surface area contributed by atoms with E-state index in [9.17, 15) is 21.6 Å². The van der Waals surface area contributed by atoms with Gasteiger partial charge >= 0.3 is 0 Å². The van der Waals surface area contributed by atoms with E-state index in [0.29, 0.717) is 29.8 Å². The molecule has 0 saturated carbocycles. The van der Waals surface area contributed by atoms with E-state index in [1.165, 1.54) is 22.5 Å². The molecule has 4 rings (SSSR count). The fraction of sp³-hybridized carbons (Fsp3) is 0.316. The highest BCUT2D eigenvalue weighted by Gasteiger charge is 2.31. The number of sulfone groups is 1. The second-order valence-electron chi connectivity index (χ2n) is 7.42. The van der Waals surface area contributed by atoms with Crippen molar-refractivity contribution in [1.29, 1.82) is 0 Å². The molecule has 0 bridgehead atoms. The molecule has 1 aliphatic heterocycles. The summed E-state index contributed by atoms with van der Waals surface area (Å²) >= 11 is 0.971. The highest BCUT2D eigenvalue weighted by atomic mass is 32.2. The Hall–Kier alpha value is -2.45. The summed E-state index contributed by atoms with van der Waals surface area (Å²) in [6.07, 6.45) is 1.10. The van der Waals surface area contributed by atoms with Crippen molar-refractivity contribution >= 4 is 54.2 Å². The van der Waals surface area contributed by atoms with E-state index in [1.807, 2.05) is 4.90 Å². The Bertz CT molecular complexity index is 1360. The third-order valence-electron chi connectivity index (χ3n) is 5.11. The zero-order valence-corrected chi connectivity index (χ0v) is 19.6. The lowest BCUT2D eigenvalue weighted by atomic mass is 10.3. The predicted molar refractivity (Wildman–Crippen MR) is 121 cm³/mol. The SMILES string of the molecule is CS(=O)(=O)c1cccc(NC(=O)CN2CCN(S(=O)(=O)c3cccc4nsnc34)CC2)c1. The average Bonchev–Trinajstić information content (AvgIpc) is 3.22. The van der Waals surface area contributed by atoms with Crippen LogP contribution >= 0.6 is 11.7 Å². The van der Waals surface area contributed by atoms with Gasteiger partial charge in [-0.25, -0.2) is 16.8 Å². The third kappa shape index (κ3) is 4.81. The zero-order valence-electron chi connectivity index (χ0n) is 17.1. The van der Waals surface area contributed by atoms with Gasteiger partial charge in [-0.2, -0.15) is 13.1 Å². The Balaban J connectivity index is 1.37. The molecule has 3 aromatic rings. The molecule has 0 aliphatic carbocycles. The van der Waals surface area contributed by atoms with Crippen molar-refractivity contribution in [2.75, 3.05) is 44.3 Å². The van der Waals surface area contributed by atoms with Crippen LogP contribution < -0.4 is 5.32 Å². The number of carbonyl (C=O) groups excluding carboxylic acids is 1. The number of hydrogen-bond donors (Lipinski definition) is 1. The summed E-state index contributed by atoms with van der Waals surface area (Å²) in [4.78, 5) is 14.5. The van der Waals surface area contributed by atoms with Crippen LogP contribution in [-0.2, 0) is 24.7 Å². The normalized spacial score (nSPS) is 16.3. The van der Waals surface area contributed by atoms with Crippen LogP contribution in [0.1, 0.15) is 0 Å². The number of benzene rings is 2. The fourth-order valence-electron chi connectivity index (χ4n) is 3.46. The summed E-state index contributed by atoms with van der Waals surface area (Å²) in [5, 5.41) is 2.70. The molecule has 1 fully saturated rings. The molecule has 170 valence electrons. The van der Waals surface area contributed by atoms with Gasteiger partial charge in [0.1, 0.15) is 15.9 Å². The monoisotopic (exact) mass is 495 g/mol. The van der Waals surface area contributed by atoms with Gasteiger partial charge in [-0.05, 0) is 30.3 Å². The van der Waals surface area contributed by atoms with Crippen molar-refractivity contribution in [2.45, 2.75) is 9.79 Å². The maximum Gasteiger partial charge on any atom is 0.245 e. The predicted octanol–water partition coefficient (Wildman–Crippen LogP) is 1.04. The minimum atomic E-state index is -3.72. The summed E-state index contributed by atoms with van der Waals surface area (Å²) in [6, 6.07) is 11.0. The molecular formula is C19H21N5O5S3. The van der Waals surface area contributed by atoms with Crippen LogP contribution in [0.2, 0.25) is 0 Å². The molecule has 1 saturated heterocycles. The molecule has 0 unspecified atom stereocenters. The second kappa shape index (κ2) is 8.83. The number of piperazine rings is 1. The minimum absolute atomic E-state index is 0.0720. The van der Waals surface area contributed by atoms with Crippen LogP contribution in [0.4, 0.5) is 5.69 Å². The summed E-state index contributed by atoms with van der Waals surface area (Å²) < 4.78 is 59.2. The Morgan fingerprint density at radius 3 is 2.47 bits per heavy atom. The molecule has 32 heavy (non-hydrogen) atoms. The first-order valence-corrected chi connectivity index (χ1v) is 13.7. The van der Waals surface area contributed by atoms with Crippen LogP contribution in [0.25, 0.3) is 11.0 Å². The number of sulfonamides is 1. The van der Waals surface area contributed by atoms with E-state index in [0.717, 1.165) is 18.0 Å². The van der Waals surface area contributed by atoms with E-state index >= 15 is 0 Å². The molecule has 1 amide bonds. The van der Waals surface area contributed by atoms with Gasteiger partial charge < -0.3 is 5.32 Å². The van der Waals surface area contributed by atoms with Crippen molar-refractivity contribution < 1.29 is 21.6 Å². The van der Waals surface area contributed by atoms with Crippen molar-refractivity contribution in [3.05, 3.63) is 42.5 Å². The number of amides is 1. The largest absolute Gasteiger partial charge is 0.325 e. The number of hydrogen-bond acceptors (Lipinski definition) is 9. The van der Waals surface area contributed by atoms with Gasteiger partial charge in [0.15, 0.2) is 9.84 Å². The van der Waals surface area contributed by atoms with Gasteiger partial charge in [-0.1, -0.05) is 12.1 Å². The van der Waals surface area contributed by atoms with E-state index < -0.39 is 19.9 Å². The van der Waals surface area contributed by atoms with E-state index in [1.54, 1.807) is 24.3 Å². The van der Waals surface area contributed by atoms with Gasteiger partial charge in [-0.15, -0.1) is 0 Å². The summed E-state index contributed by atoms with van der Waals surface area (Å²) in [5.74, 6) is -0.301. The number of anilines is 1. The number of nitrogens with one attached hydrogen (secondary N) is 1. The van der Waals surface area contributed by atoms with Crippen molar-refractivity contribution in [2.24, 2.45) is 0 Å². The quantitative estimate of drug-likeness (QED) is 0.537. The minimum Gasteiger partial charge on any atom is -0.325 e. The van der Waals surface area contributed by atoms with E-state index in [-0.39, 0.29) is 35.3 Å². The van der Waals surface area contributed by atoms with Crippen LogP contribution in [0.5, 0.6) is 0 Å². The third-order valence-corrected chi connectivity index (χ3v) is 8.69. The fourth-order valence-corrected chi connectivity index (χ4v) is 6.31. The van der Waals surface area contributed by atoms with E-state index in [2.05, 4.69) is 14.1 Å². The van der Waals surface area contributed by atoms with Crippen molar-refractivity contribution in [3.63, 3.8) is 0 Å². The van der Waals surface area contributed by atoms with Crippen LogP contribution in [0.3, 0.4) is 0 Å². The molecule has 1 N–H and O–H groups in total. The number of fused-ring (bicyclic) bond motifs is 1.